The minimum atomic E-state index is -1.77. The Bertz CT molecular complexity index is 1110. The highest BCUT2D eigenvalue weighted by atomic mass is 16.7. The van der Waals surface area contributed by atoms with E-state index in [4.69, 9.17) is 19.6 Å². The van der Waals surface area contributed by atoms with E-state index in [2.05, 4.69) is 11.8 Å². The maximum Gasteiger partial charge on any atom is 0.335 e. The van der Waals surface area contributed by atoms with Crippen molar-refractivity contribution >= 4 is 17.0 Å². The van der Waals surface area contributed by atoms with E-state index in [0.29, 0.717) is 5.65 Å². The molecule has 1 aliphatic carbocycles. The molecule has 0 amide bonds. The number of aliphatic carboxylic acids is 1. The Morgan fingerprint density at radius 2 is 1.86 bits per heavy atom. The SMILES string of the molecule is CCCN1CCC[C@@H]1c1nn(C)c2nc(O[C@@H]3O[C@H](C(=O)O)[C@H](O)[C@H](O)[C@H]3O)c3c(c12)CCCC3. The Balaban J connectivity index is 1.56. The molecule has 35 heavy (non-hydrogen) atoms. The number of aryl methyl sites for hydroxylation is 2. The van der Waals surface area contributed by atoms with E-state index in [9.17, 15) is 25.2 Å². The second-order valence-electron chi connectivity index (χ2n) is 9.84. The summed E-state index contributed by atoms with van der Waals surface area (Å²) in [5, 5.41) is 46.0. The van der Waals surface area contributed by atoms with Crippen LogP contribution in [-0.4, -0.2) is 89.9 Å². The fourth-order valence-electron chi connectivity index (χ4n) is 5.81. The average Bonchev–Trinajstić information content (AvgIpc) is 3.43. The van der Waals surface area contributed by atoms with Crippen LogP contribution in [0.1, 0.15) is 61.9 Å². The Morgan fingerprint density at radius 1 is 1.11 bits per heavy atom. The highest BCUT2D eigenvalue weighted by molar-refractivity contribution is 5.85. The lowest BCUT2D eigenvalue weighted by atomic mass is 9.89. The number of nitrogens with zero attached hydrogens (tertiary/aromatic N) is 4. The average molecular weight is 491 g/mol. The van der Waals surface area contributed by atoms with Crippen LogP contribution < -0.4 is 4.74 Å². The van der Waals surface area contributed by atoms with E-state index in [1.165, 1.54) is 0 Å². The van der Waals surface area contributed by atoms with Gasteiger partial charge in [-0.3, -0.25) is 4.90 Å². The zero-order chi connectivity index (χ0) is 24.9. The largest absolute Gasteiger partial charge is 0.479 e. The van der Waals surface area contributed by atoms with Gasteiger partial charge in [0.05, 0.1) is 11.7 Å². The number of carboxylic acids is 1. The standard InChI is InChI=1S/C24H34N4O7/c1-3-10-28-11-6-9-14(28)16-15-12-7-4-5-8-13(12)22(25-21(15)27(2)26-16)35-24-19(31)17(29)18(30)20(34-24)23(32)33/h14,17-20,24,29-31H,3-11H2,1-2H3,(H,32,33)/t14-,17+,18-,19-,20+,24+/m1/s1. The fraction of sp³-hybridized carbons (Fsp3) is 0.708. The first kappa shape index (κ1) is 24.4. The van der Waals surface area contributed by atoms with Gasteiger partial charge in [-0.1, -0.05) is 6.92 Å². The molecule has 0 aromatic carbocycles. The van der Waals surface area contributed by atoms with E-state index in [0.717, 1.165) is 80.2 Å². The summed E-state index contributed by atoms with van der Waals surface area (Å²) in [5.74, 6) is -1.21. The highest BCUT2D eigenvalue weighted by Gasteiger charge is 2.48. The number of ether oxygens (including phenoxy) is 2. The minimum absolute atomic E-state index is 0.245. The van der Waals surface area contributed by atoms with Gasteiger partial charge in [0, 0.05) is 18.0 Å². The van der Waals surface area contributed by atoms with Crippen molar-refractivity contribution in [2.75, 3.05) is 13.1 Å². The lowest BCUT2D eigenvalue weighted by Gasteiger charge is -2.38. The second-order valence-corrected chi connectivity index (χ2v) is 9.84. The predicted molar refractivity (Wildman–Crippen MR) is 124 cm³/mol. The number of fused-ring (bicyclic) bond motifs is 3. The molecule has 0 spiro atoms. The van der Waals surface area contributed by atoms with E-state index in [-0.39, 0.29) is 11.9 Å². The van der Waals surface area contributed by atoms with Crippen molar-refractivity contribution in [3.63, 3.8) is 0 Å². The van der Waals surface area contributed by atoms with Crippen molar-refractivity contribution in [3.8, 4) is 5.88 Å². The van der Waals surface area contributed by atoms with Crippen LogP contribution in [0.5, 0.6) is 5.88 Å². The molecule has 11 heteroatoms. The molecule has 0 saturated carbocycles. The van der Waals surface area contributed by atoms with Gasteiger partial charge < -0.3 is 29.9 Å². The third-order valence-corrected chi connectivity index (χ3v) is 7.51. The summed E-state index contributed by atoms with van der Waals surface area (Å²) in [6.07, 6.45) is -1.55. The van der Waals surface area contributed by atoms with Crippen LogP contribution in [0.3, 0.4) is 0 Å². The molecule has 6 atom stereocenters. The lowest BCUT2D eigenvalue weighted by molar-refractivity contribution is -0.271. The van der Waals surface area contributed by atoms with Crippen LogP contribution in [-0.2, 0) is 29.4 Å². The first-order valence-corrected chi connectivity index (χ1v) is 12.5. The summed E-state index contributed by atoms with van der Waals surface area (Å²) in [6, 6.07) is 0.245. The normalized spacial score (nSPS) is 31.6. The number of pyridine rings is 1. The van der Waals surface area contributed by atoms with Gasteiger partial charge in [-0.2, -0.15) is 10.1 Å². The second kappa shape index (κ2) is 9.62. The topological polar surface area (TPSA) is 150 Å². The number of rotatable bonds is 6. The zero-order valence-corrected chi connectivity index (χ0v) is 20.1. The van der Waals surface area contributed by atoms with E-state index >= 15 is 0 Å². The smallest absolute Gasteiger partial charge is 0.335 e. The molecule has 11 nitrogen and oxygen atoms in total. The predicted octanol–water partition coefficient (Wildman–Crippen LogP) is 0.665. The number of carboxylic acid groups (broad SMARTS) is 1. The van der Waals surface area contributed by atoms with Gasteiger partial charge in [-0.15, -0.1) is 0 Å². The Morgan fingerprint density at radius 3 is 2.57 bits per heavy atom. The molecule has 2 aromatic rings. The minimum Gasteiger partial charge on any atom is -0.479 e. The first-order chi connectivity index (χ1) is 16.8. The molecule has 0 bridgehead atoms. The molecule has 0 unspecified atom stereocenters. The molecule has 4 heterocycles. The van der Waals surface area contributed by atoms with Crippen molar-refractivity contribution in [1.82, 2.24) is 19.7 Å². The van der Waals surface area contributed by atoms with Crippen molar-refractivity contribution in [2.45, 2.75) is 88.6 Å². The number of carbonyl (C=O) groups is 1. The van der Waals surface area contributed by atoms with E-state index in [1.54, 1.807) is 4.68 Å². The fourth-order valence-corrected chi connectivity index (χ4v) is 5.81. The number of aliphatic hydroxyl groups is 3. The third-order valence-electron chi connectivity index (χ3n) is 7.51. The number of hydrogen-bond acceptors (Lipinski definition) is 9. The van der Waals surface area contributed by atoms with Crippen molar-refractivity contribution in [3.05, 3.63) is 16.8 Å². The summed E-state index contributed by atoms with van der Waals surface area (Å²) >= 11 is 0. The van der Waals surface area contributed by atoms with Gasteiger partial charge in [0.15, 0.2) is 11.8 Å². The zero-order valence-electron chi connectivity index (χ0n) is 20.1. The first-order valence-electron chi connectivity index (χ1n) is 12.5. The molecule has 192 valence electrons. The quantitative estimate of drug-likeness (QED) is 0.455. The van der Waals surface area contributed by atoms with E-state index in [1.807, 2.05) is 7.05 Å². The van der Waals surface area contributed by atoms with Crippen LogP contribution in [0.4, 0.5) is 0 Å². The molecule has 2 aliphatic heterocycles. The summed E-state index contributed by atoms with van der Waals surface area (Å²) < 4.78 is 13.1. The number of aliphatic hydroxyl groups excluding tert-OH is 3. The lowest BCUT2D eigenvalue weighted by Crippen LogP contribution is -2.61. The summed E-state index contributed by atoms with van der Waals surface area (Å²) in [6.45, 7) is 4.27. The van der Waals surface area contributed by atoms with Crippen LogP contribution >= 0.6 is 0 Å². The van der Waals surface area contributed by atoms with Crippen molar-refractivity contribution in [2.24, 2.45) is 7.05 Å². The third kappa shape index (κ3) is 4.19. The van der Waals surface area contributed by atoms with Crippen molar-refractivity contribution < 1.29 is 34.7 Å². The molecule has 5 rings (SSSR count). The van der Waals surface area contributed by atoms with Crippen molar-refractivity contribution in [1.29, 1.82) is 0 Å². The Labute approximate surface area is 203 Å². The maximum absolute atomic E-state index is 11.5. The van der Waals surface area contributed by atoms with Gasteiger partial charge in [0.1, 0.15) is 18.3 Å². The van der Waals surface area contributed by atoms with Crippen LogP contribution in [0, 0.1) is 0 Å². The molecule has 2 fully saturated rings. The summed E-state index contributed by atoms with van der Waals surface area (Å²) in [5.41, 5.74) is 3.74. The molecule has 2 aromatic heterocycles. The van der Waals surface area contributed by atoms with Gasteiger partial charge >= 0.3 is 5.97 Å². The number of hydrogen-bond donors (Lipinski definition) is 4. The number of aromatic nitrogens is 3. The highest BCUT2D eigenvalue weighted by Crippen LogP contribution is 2.41. The molecular formula is C24H34N4O7. The molecule has 3 aliphatic rings. The summed E-state index contributed by atoms with van der Waals surface area (Å²) in [4.78, 5) is 18.8. The van der Waals surface area contributed by atoms with Crippen LogP contribution in [0.15, 0.2) is 0 Å². The van der Waals surface area contributed by atoms with Gasteiger partial charge in [-0.05, 0) is 63.6 Å². The molecule has 2 saturated heterocycles. The Hall–Kier alpha value is -2.31. The maximum atomic E-state index is 11.5. The van der Waals surface area contributed by atoms with Crippen LogP contribution in [0.25, 0.3) is 11.0 Å². The van der Waals surface area contributed by atoms with Crippen LogP contribution in [0.2, 0.25) is 0 Å². The molecular weight excluding hydrogens is 456 g/mol. The molecule has 0 radical (unpaired) electrons. The monoisotopic (exact) mass is 490 g/mol. The Kier molecular flexibility index (Phi) is 6.71. The molecule has 4 N–H and O–H groups in total. The van der Waals surface area contributed by atoms with Gasteiger partial charge in [-0.25, -0.2) is 9.48 Å². The van der Waals surface area contributed by atoms with Gasteiger partial charge in [0.2, 0.25) is 12.2 Å². The number of likely N-dealkylation sites (tertiary alicyclic amines) is 1. The van der Waals surface area contributed by atoms with Gasteiger partial charge in [0.25, 0.3) is 0 Å². The summed E-state index contributed by atoms with van der Waals surface area (Å²) in [7, 11) is 1.85. The van der Waals surface area contributed by atoms with E-state index < -0.39 is 36.7 Å².